The minimum atomic E-state index is -0.268. The van der Waals surface area contributed by atoms with Gasteiger partial charge in [-0.05, 0) is 30.7 Å². The van der Waals surface area contributed by atoms with Gasteiger partial charge >= 0.3 is 0 Å². The van der Waals surface area contributed by atoms with Gasteiger partial charge in [0.05, 0.1) is 5.69 Å². The molecule has 1 heterocycles. The average Bonchev–Trinajstić information content (AvgIpc) is 2.29. The first kappa shape index (κ1) is 10.8. The summed E-state index contributed by atoms with van der Waals surface area (Å²) < 4.78 is 13.6. The highest BCUT2D eigenvalue weighted by atomic mass is 19.1. The molecule has 3 heteroatoms. The van der Waals surface area contributed by atoms with Crippen LogP contribution in [-0.4, -0.2) is 4.98 Å². The van der Waals surface area contributed by atoms with Crippen molar-refractivity contribution in [3.63, 3.8) is 0 Å². The molecule has 2 aromatic rings. The molecule has 0 saturated carbocycles. The van der Waals surface area contributed by atoms with E-state index in [1.807, 2.05) is 19.1 Å². The summed E-state index contributed by atoms with van der Waals surface area (Å²) in [6.07, 6.45) is 0. The van der Waals surface area contributed by atoms with E-state index in [-0.39, 0.29) is 5.82 Å². The van der Waals surface area contributed by atoms with Gasteiger partial charge < -0.3 is 5.73 Å². The van der Waals surface area contributed by atoms with Gasteiger partial charge in [0.2, 0.25) is 0 Å². The predicted octanol–water partition coefficient (Wildman–Crippen LogP) is 2.65. The summed E-state index contributed by atoms with van der Waals surface area (Å²) in [6, 6.07) is 10.4. The third-order valence-electron chi connectivity index (χ3n) is 2.47. The summed E-state index contributed by atoms with van der Waals surface area (Å²) in [5, 5.41) is 0. The quantitative estimate of drug-likeness (QED) is 0.838. The average molecular weight is 216 g/mol. The molecule has 0 aliphatic heterocycles. The normalized spacial score (nSPS) is 10.4. The molecular weight excluding hydrogens is 203 g/mol. The fourth-order valence-electron chi connectivity index (χ4n) is 1.64. The Labute approximate surface area is 93.9 Å². The molecule has 16 heavy (non-hydrogen) atoms. The molecule has 0 radical (unpaired) electrons. The summed E-state index contributed by atoms with van der Waals surface area (Å²) in [6.45, 7) is 2.24. The van der Waals surface area contributed by atoms with Crippen molar-refractivity contribution < 1.29 is 4.39 Å². The maximum atomic E-state index is 13.6. The van der Waals surface area contributed by atoms with Crippen LogP contribution in [0, 0.1) is 12.7 Å². The molecule has 0 amide bonds. The van der Waals surface area contributed by atoms with Gasteiger partial charge in [0, 0.05) is 17.8 Å². The maximum absolute atomic E-state index is 13.6. The Hall–Kier alpha value is -1.74. The molecule has 0 saturated heterocycles. The van der Waals surface area contributed by atoms with E-state index >= 15 is 0 Å². The number of hydrogen-bond acceptors (Lipinski definition) is 2. The van der Waals surface area contributed by atoms with Crippen LogP contribution in [0.4, 0.5) is 4.39 Å². The van der Waals surface area contributed by atoms with E-state index in [1.165, 1.54) is 6.07 Å². The van der Waals surface area contributed by atoms with Gasteiger partial charge in [-0.1, -0.05) is 18.2 Å². The molecular formula is C13H13FN2. The molecule has 2 nitrogen and oxygen atoms in total. The summed E-state index contributed by atoms with van der Waals surface area (Å²) in [5.41, 5.74) is 8.49. The monoisotopic (exact) mass is 216 g/mol. The second-order valence-corrected chi connectivity index (χ2v) is 3.64. The fourth-order valence-corrected chi connectivity index (χ4v) is 1.64. The van der Waals surface area contributed by atoms with Crippen molar-refractivity contribution in [3.05, 3.63) is 53.5 Å². The largest absolute Gasteiger partial charge is 0.326 e. The Balaban J connectivity index is 2.63. The zero-order valence-corrected chi connectivity index (χ0v) is 9.07. The fraction of sp³-hybridized carbons (Fsp3) is 0.154. The van der Waals surface area contributed by atoms with Crippen LogP contribution >= 0.6 is 0 Å². The Kier molecular flexibility index (Phi) is 2.97. The van der Waals surface area contributed by atoms with Crippen molar-refractivity contribution in [1.82, 2.24) is 4.98 Å². The number of hydrogen-bond donors (Lipinski definition) is 1. The highest BCUT2D eigenvalue weighted by Gasteiger charge is 2.09. The smallest absolute Gasteiger partial charge is 0.132 e. The molecule has 2 N–H and O–H groups in total. The van der Waals surface area contributed by atoms with Crippen molar-refractivity contribution in [2.45, 2.75) is 13.5 Å². The summed E-state index contributed by atoms with van der Waals surface area (Å²) >= 11 is 0. The van der Waals surface area contributed by atoms with Crippen LogP contribution in [0.15, 0.2) is 36.4 Å². The molecule has 2 rings (SSSR count). The molecule has 1 aromatic heterocycles. The van der Waals surface area contributed by atoms with Gasteiger partial charge in [-0.15, -0.1) is 0 Å². The van der Waals surface area contributed by atoms with Crippen molar-refractivity contribution in [3.8, 4) is 11.3 Å². The first-order valence-electron chi connectivity index (χ1n) is 5.14. The first-order valence-corrected chi connectivity index (χ1v) is 5.14. The van der Waals surface area contributed by atoms with Crippen molar-refractivity contribution in [2.75, 3.05) is 0 Å². The minimum absolute atomic E-state index is 0.268. The lowest BCUT2D eigenvalue weighted by molar-refractivity contribution is 0.630. The third kappa shape index (κ3) is 1.95. The Morgan fingerprint density at radius 2 is 1.94 bits per heavy atom. The lowest BCUT2D eigenvalue weighted by Crippen LogP contribution is -2.02. The molecule has 0 aliphatic carbocycles. The van der Waals surface area contributed by atoms with Crippen LogP contribution < -0.4 is 5.73 Å². The van der Waals surface area contributed by atoms with Crippen molar-refractivity contribution in [1.29, 1.82) is 0 Å². The van der Waals surface area contributed by atoms with Crippen LogP contribution in [0.2, 0.25) is 0 Å². The Morgan fingerprint density at radius 1 is 1.19 bits per heavy atom. The van der Waals surface area contributed by atoms with Crippen LogP contribution in [-0.2, 0) is 6.54 Å². The number of rotatable bonds is 2. The van der Waals surface area contributed by atoms with E-state index in [0.29, 0.717) is 17.8 Å². The van der Waals surface area contributed by atoms with E-state index < -0.39 is 0 Å². The van der Waals surface area contributed by atoms with Crippen LogP contribution in [0.5, 0.6) is 0 Å². The number of halogens is 1. The molecule has 0 fully saturated rings. The van der Waals surface area contributed by atoms with Crippen LogP contribution in [0.1, 0.15) is 11.3 Å². The Morgan fingerprint density at radius 3 is 2.62 bits per heavy atom. The molecule has 0 unspecified atom stereocenters. The zero-order chi connectivity index (χ0) is 11.5. The second-order valence-electron chi connectivity index (χ2n) is 3.64. The van der Waals surface area contributed by atoms with Crippen LogP contribution in [0.3, 0.4) is 0 Å². The van der Waals surface area contributed by atoms with E-state index in [2.05, 4.69) is 4.98 Å². The molecule has 82 valence electrons. The lowest BCUT2D eigenvalue weighted by Gasteiger charge is -2.08. The molecule has 0 bridgehead atoms. The summed E-state index contributed by atoms with van der Waals surface area (Å²) in [7, 11) is 0. The number of nitrogens with zero attached hydrogens (tertiary/aromatic N) is 1. The number of benzene rings is 1. The summed E-state index contributed by atoms with van der Waals surface area (Å²) in [4.78, 5) is 4.36. The van der Waals surface area contributed by atoms with E-state index in [4.69, 9.17) is 5.73 Å². The molecule has 1 aromatic carbocycles. The Bertz CT molecular complexity index is 509. The van der Waals surface area contributed by atoms with Gasteiger partial charge in [-0.3, -0.25) is 4.98 Å². The maximum Gasteiger partial charge on any atom is 0.132 e. The first-order chi connectivity index (χ1) is 7.72. The van der Waals surface area contributed by atoms with Gasteiger partial charge in [-0.2, -0.15) is 0 Å². The number of pyridine rings is 1. The number of aryl methyl sites for hydroxylation is 1. The highest BCUT2D eigenvalue weighted by Crippen LogP contribution is 2.24. The third-order valence-corrected chi connectivity index (χ3v) is 2.47. The van der Waals surface area contributed by atoms with Gasteiger partial charge in [-0.25, -0.2) is 4.39 Å². The topological polar surface area (TPSA) is 38.9 Å². The van der Waals surface area contributed by atoms with Gasteiger partial charge in [0.1, 0.15) is 5.82 Å². The van der Waals surface area contributed by atoms with E-state index in [1.54, 1.807) is 18.2 Å². The zero-order valence-electron chi connectivity index (χ0n) is 9.07. The number of aromatic nitrogens is 1. The number of nitrogens with two attached hydrogens (primary N) is 1. The minimum Gasteiger partial charge on any atom is -0.326 e. The van der Waals surface area contributed by atoms with E-state index in [9.17, 15) is 4.39 Å². The van der Waals surface area contributed by atoms with E-state index in [0.717, 1.165) is 11.3 Å². The molecule has 0 aliphatic rings. The highest BCUT2D eigenvalue weighted by molar-refractivity contribution is 5.63. The second kappa shape index (κ2) is 4.41. The van der Waals surface area contributed by atoms with Gasteiger partial charge in [0.25, 0.3) is 0 Å². The standard InChI is InChI=1S/C13H13FN2/c1-9-6-7-10(8-15)13(16-9)11-4-2-3-5-12(11)14/h2-7H,8,15H2,1H3. The molecule has 0 spiro atoms. The van der Waals surface area contributed by atoms with Crippen molar-refractivity contribution >= 4 is 0 Å². The molecule has 0 atom stereocenters. The lowest BCUT2D eigenvalue weighted by atomic mass is 10.0. The summed E-state index contributed by atoms with van der Waals surface area (Å²) in [5.74, 6) is -0.268. The predicted molar refractivity (Wildman–Crippen MR) is 62.3 cm³/mol. The SMILES string of the molecule is Cc1ccc(CN)c(-c2ccccc2F)n1. The van der Waals surface area contributed by atoms with Crippen LogP contribution in [0.25, 0.3) is 11.3 Å². The van der Waals surface area contributed by atoms with Crippen molar-refractivity contribution in [2.24, 2.45) is 5.73 Å². The van der Waals surface area contributed by atoms with Gasteiger partial charge in [0.15, 0.2) is 0 Å².